The van der Waals surface area contributed by atoms with E-state index in [0.29, 0.717) is 12.8 Å². The quantitative estimate of drug-likeness (QED) is 0.872. The molecular formula is C15H20F3N3O3S. The molecule has 0 spiro atoms. The number of rotatable bonds is 4. The van der Waals surface area contributed by atoms with Crippen LogP contribution in [0.4, 0.5) is 18.9 Å². The van der Waals surface area contributed by atoms with Crippen molar-refractivity contribution in [2.45, 2.75) is 19.0 Å². The van der Waals surface area contributed by atoms with Crippen LogP contribution >= 0.6 is 0 Å². The zero-order chi connectivity index (χ0) is 18.8. The lowest BCUT2D eigenvalue weighted by atomic mass is 9.98. The molecule has 1 fully saturated rings. The van der Waals surface area contributed by atoms with Crippen LogP contribution < -0.4 is 5.32 Å². The number of para-hydroxylation sites is 1. The number of halogens is 3. The Bertz CT molecular complexity index is 735. The molecular weight excluding hydrogens is 359 g/mol. The SMILES string of the molecule is CN(C)S(=O)(=O)N1CCC[C@@H](C(=O)Nc2ccccc2C(F)(F)F)C1. The molecule has 1 aromatic rings. The first kappa shape index (κ1) is 19.7. The molecule has 1 aliphatic rings. The van der Waals surface area contributed by atoms with Gasteiger partial charge in [-0.2, -0.15) is 30.2 Å². The smallest absolute Gasteiger partial charge is 0.325 e. The summed E-state index contributed by atoms with van der Waals surface area (Å²) >= 11 is 0. The van der Waals surface area contributed by atoms with Crippen molar-refractivity contribution in [2.24, 2.45) is 5.92 Å². The van der Waals surface area contributed by atoms with E-state index in [1.165, 1.54) is 36.6 Å². The molecule has 0 bridgehead atoms. The van der Waals surface area contributed by atoms with Crippen LogP contribution in [0.1, 0.15) is 18.4 Å². The molecule has 1 aromatic carbocycles. The molecule has 0 unspecified atom stereocenters. The maximum Gasteiger partial charge on any atom is 0.418 e. The Hall–Kier alpha value is -1.65. The van der Waals surface area contributed by atoms with E-state index in [-0.39, 0.29) is 18.8 Å². The summed E-state index contributed by atoms with van der Waals surface area (Å²) in [4.78, 5) is 12.4. The van der Waals surface area contributed by atoms with Crippen molar-refractivity contribution in [2.75, 3.05) is 32.5 Å². The molecule has 6 nitrogen and oxygen atoms in total. The molecule has 2 rings (SSSR count). The van der Waals surface area contributed by atoms with Gasteiger partial charge >= 0.3 is 6.18 Å². The van der Waals surface area contributed by atoms with Crippen LogP contribution in [-0.2, 0) is 21.2 Å². The zero-order valence-electron chi connectivity index (χ0n) is 13.9. The summed E-state index contributed by atoms with van der Waals surface area (Å²) in [5.74, 6) is -1.32. The molecule has 1 heterocycles. The van der Waals surface area contributed by atoms with Gasteiger partial charge in [0.2, 0.25) is 5.91 Å². The highest BCUT2D eigenvalue weighted by Gasteiger charge is 2.36. The van der Waals surface area contributed by atoms with Gasteiger partial charge in [-0.15, -0.1) is 0 Å². The van der Waals surface area contributed by atoms with Crippen molar-refractivity contribution in [1.29, 1.82) is 0 Å². The predicted molar refractivity (Wildman–Crippen MR) is 87.0 cm³/mol. The minimum Gasteiger partial charge on any atom is -0.325 e. The number of hydrogen-bond acceptors (Lipinski definition) is 3. The number of benzene rings is 1. The van der Waals surface area contributed by atoms with Gasteiger partial charge in [-0.05, 0) is 25.0 Å². The fourth-order valence-corrected chi connectivity index (χ4v) is 3.86. The maximum atomic E-state index is 13.0. The largest absolute Gasteiger partial charge is 0.418 e. The Morgan fingerprint density at radius 3 is 2.52 bits per heavy atom. The summed E-state index contributed by atoms with van der Waals surface area (Å²) in [7, 11) is -0.889. The summed E-state index contributed by atoms with van der Waals surface area (Å²) in [6, 6.07) is 4.70. The van der Waals surface area contributed by atoms with E-state index in [2.05, 4.69) is 5.32 Å². The number of anilines is 1. The van der Waals surface area contributed by atoms with Crippen LogP contribution in [0.5, 0.6) is 0 Å². The van der Waals surface area contributed by atoms with Gasteiger partial charge in [0, 0.05) is 27.2 Å². The second-order valence-corrected chi connectivity index (χ2v) is 8.16. The Labute approximate surface area is 144 Å². The second kappa shape index (κ2) is 7.30. The third-order valence-corrected chi connectivity index (χ3v) is 5.94. The van der Waals surface area contributed by atoms with Gasteiger partial charge in [0.05, 0.1) is 17.2 Å². The molecule has 1 amide bonds. The predicted octanol–water partition coefficient (Wildman–Crippen LogP) is 2.16. The van der Waals surface area contributed by atoms with Gasteiger partial charge in [-0.3, -0.25) is 4.79 Å². The monoisotopic (exact) mass is 379 g/mol. The summed E-state index contributed by atoms with van der Waals surface area (Å²) in [5.41, 5.74) is -1.26. The molecule has 140 valence electrons. The molecule has 0 radical (unpaired) electrons. The molecule has 0 aliphatic carbocycles. The van der Waals surface area contributed by atoms with Gasteiger partial charge < -0.3 is 5.32 Å². The number of hydrogen-bond donors (Lipinski definition) is 1. The van der Waals surface area contributed by atoms with E-state index < -0.39 is 33.8 Å². The molecule has 0 saturated carbocycles. The molecule has 1 N–H and O–H groups in total. The van der Waals surface area contributed by atoms with Crippen molar-refractivity contribution < 1.29 is 26.4 Å². The third kappa shape index (κ3) is 4.50. The van der Waals surface area contributed by atoms with Crippen molar-refractivity contribution in [1.82, 2.24) is 8.61 Å². The Kier molecular flexibility index (Phi) is 5.75. The van der Waals surface area contributed by atoms with Crippen LogP contribution in [0.2, 0.25) is 0 Å². The van der Waals surface area contributed by atoms with E-state index in [1.54, 1.807) is 0 Å². The average Bonchev–Trinajstić information content (AvgIpc) is 2.54. The standard InChI is InChI=1S/C15H20F3N3O3S/c1-20(2)25(23,24)21-9-5-6-11(10-21)14(22)19-13-8-4-3-7-12(13)15(16,17)18/h3-4,7-8,11H,5-6,9-10H2,1-2H3,(H,19,22)/t11-/m1/s1. The first-order valence-corrected chi connectivity index (χ1v) is 9.08. The number of nitrogens with one attached hydrogen (secondary N) is 1. The minimum absolute atomic E-state index is 0.0550. The van der Waals surface area contributed by atoms with Crippen molar-refractivity contribution >= 4 is 21.8 Å². The van der Waals surface area contributed by atoms with E-state index >= 15 is 0 Å². The van der Waals surface area contributed by atoms with Crippen molar-refractivity contribution in [3.05, 3.63) is 29.8 Å². The number of nitrogens with zero attached hydrogens (tertiary/aromatic N) is 2. The van der Waals surface area contributed by atoms with Crippen LogP contribution in [0.15, 0.2) is 24.3 Å². The first-order chi connectivity index (χ1) is 11.5. The summed E-state index contributed by atoms with van der Waals surface area (Å²) < 4.78 is 65.6. The van der Waals surface area contributed by atoms with Gasteiger partial charge in [0.1, 0.15) is 0 Å². The third-order valence-electron chi connectivity index (χ3n) is 4.03. The molecule has 1 aliphatic heterocycles. The van der Waals surface area contributed by atoms with E-state index in [1.807, 2.05) is 0 Å². The van der Waals surface area contributed by atoms with Crippen LogP contribution in [0, 0.1) is 5.92 Å². The fourth-order valence-electron chi connectivity index (χ4n) is 2.67. The molecule has 1 saturated heterocycles. The topological polar surface area (TPSA) is 69.7 Å². The van der Waals surface area contributed by atoms with E-state index in [9.17, 15) is 26.4 Å². The second-order valence-electron chi connectivity index (χ2n) is 6.02. The number of piperidine rings is 1. The number of carbonyl (C=O) groups is 1. The minimum atomic E-state index is -4.59. The lowest BCUT2D eigenvalue weighted by Crippen LogP contribution is -2.47. The van der Waals surface area contributed by atoms with Crippen molar-refractivity contribution in [3.63, 3.8) is 0 Å². The molecule has 10 heteroatoms. The number of alkyl halides is 3. The van der Waals surface area contributed by atoms with Gasteiger partial charge in [-0.1, -0.05) is 12.1 Å². The van der Waals surface area contributed by atoms with E-state index in [4.69, 9.17) is 0 Å². The highest BCUT2D eigenvalue weighted by Crippen LogP contribution is 2.35. The van der Waals surface area contributed by atoms with Gasteiger partial charge in [-0.25, -0.2) is 0 Å². The Balaban J connectivity index is 2.15. The Morgan fingerprint density at radius 2 is 1.92 bits per heavy atom. The molecule has 0 aromatic heterocycles. The summed E-state index contributed by atoms with van der Waals surface area (Å²) in [6.07, 6.45) is -3.71. The molecule has 1 atom stereocenters. The summed E-state index contributed by atoms with van der Waals surface area (Å²) in [6.45, 7) is 0.226. The lowest BCUT2D eigenvalue weighted by molar-refractivity contribution is -0.137. The lowest BCUT2D eigenvalue weighted by Gasteiger charge is -2.32. The van der Waals surface area contributed by atoms with Crippen LogP contribution in [0.3, 0.4) is 0 Å². The van der Waals surface area contributed by atoms with E-state index in [0.717, 1.165) is 10.4 Å². The Morgan fingerprint density at radius 1 is 1.28 bits per heavy atom. The van der Waals surface area contributed by atoms with Crippen LogP contribution in [-0.4, -0.2) is 50.1 Å². The normalized spacial score (nSPS) is 19.8. The highest BCUT2D eigenvalue weighted by atomic mass is 32.2. The molecule has 25 heavy (non-hydrogen) atoms. The maximum absolute atomic E-state index is 13.0. The number of carbonyl (C=O) groups excluding carboxylic acids is 1. The number of amides is 1. The first-order valence-electron chi connectivity index (χ1n) is 7.68. The average molecular weight is 379 g/mol. The fraction of sp³-hybridized carbons (Fsp3) is 0.533. The van der Waals surface area contributed by atoms with Gasteiger partial charge in [0.25, 0.3) is 10.2 Å². The zero-order valence-corrected chi connectivity index (χ0v) is 14.7. The van der Waals surface area contributed by atoms with Crippen molar-refractivity contribution in [3.8, 4) is 0 Å². The highest BCUT2D eigenvalue weighted by molar-refractivity contribution is 7.86. The van der Waals surface area contributed by atoms with Gasteiger partial charge in [0.15, 0.2) is 0 Å². The summed E-state index contributed by atoms with van der Waals surface area (Å²) in [5, 5.41) is 2.29. The van der Waals surface area contributed by atoms with Crippen LogP contribution in [0.25, 0.3) is 0 Å².